The highest BCUT2D eigenvalue weighted by molar-refractivity contribution is 5.87. The third-order valence-corrected chi connectivity index (χ3v) is 12.4. The number of aliphatic carboxylic acids is 3. The number of aliphatic hydroxyl groups is 1. The lowest BCUT2D eigenvalue weighted by atomic mass is 9.88. The van der Waals surface area contributed by atoms with Gasteiger partial charge in [0.2, 0.25) is 17.7 Å². The first kappa shape index (κ1) is 76.3. The fraction of sp³-hybridized carbons (Fsp3) is 0.867. The molecule has 0 saturated carbocycles. The summed E-state index contributed by atoms with van der Waals surface area (Å²) in [6.07, 6.45) is -14.3. The van der Waals surface area contributed by atoms with Gasteiger partial charge in [-0.15, -0.1) is 0 Å². The molecular weight excluding hydrogens is 1190 g/mol. The van der Waals surface area contributed by atoms with Crippen LogP contribution in [0, 0.1) is 0 Å². The summed E-state index contributed by atoms with van der Waals surface area (Å²) in [6.45, 7) is -2.93. The third-order valence-electron chi connectivity index (χ3n) is 12.4. The maximum absolute atomic E-state index is 14.9. The van der Waals surface area contributed by atoms with E-state index in [1.165, 1.54) is 21.8 Å². The fourth-order valence-corrected chi connectivity index (χ4v) is 7.56. The zero-order valence-electron chi connectivity index (χ0n) is 44.8. The number of amides is 3. The van der Waals surface area contributed by atoms with Crippen LogP contribution in [0.4, 0.5) is 74.6 Å². The Morgan fingerprint density at radius 1 is 0.530 bits per heavy atom. The van der Waals surface area contributed by atoms with Gasteiger partial charge in [0.15, 0.2) is 0 Å². The van der Waals surface area contributed by atoms with E-state index in [2.05, 4.69) is 10.6 Å². The van der Waals surface area contributed by atoms with Gasteiger partial charge < -0.3 is 54.9 Å². The Labute approximate surface area is 463 Å². The molecule has 0 bridgehead atoms. The number of unbranched alkanes of at least 4 members (excludes halogenated alkanes) is 1. The van der Waals surface area contributed by atoms with Gasteiger partial charge in [-0.25, -0.2) is 0 Å². The Balaban J connectivity index is 3.30. The molecule has 1 heterocycles. The van der Waals surface area contributed by atoms with Crippen LogP contribution in [-0.4, -0.2) is 292 Å². The SMILES string of the molecule is COCCOCCOCCOCC(=O)NCCCC[C@@H](NC(=O)CCC(O)CN1CCN(CC(=O)O)CCN(CC(=O)O)CCN(CC(=O)O)CC1)C(=O)N(C)CCC(F)(F)C(F)(F)C(F)(F)C(F)(F)C(F)(F)C(F)(F)C(F)(F)C(F)(F)F. The summed E-state index contributed by atoms with van der Waals surface area (Å²) in [7, 11) is 1.94. The average Bonchev–Trinajstić information content (AvgIpc) is 1.69. The molecule has 0 aromatic carbocycles. The van der Waals surface area contributed by atoms with E-state index in [0.717, 1.165) is 0 Å². The van der Waals surface area contributed by atoms with Crippen molar-refractivity contribution < 1.29 is 143 Å². The van der Waals surface area contributed by atoms with E-state index in [1.54, 1.807) is 4.90 Å². The van der Waals surface area contributed by atoms with Crippen LogP contribution in [-0.2, 0) is 47.7 Å². The summed E-state index contributed by atoms with van der Waals surface area (Å²) >= 11 is 0. The normalized spacial score (nSPS) is 16.8. The number of nitrogens with zero attached hydrogens (tertiary/aromatic N) is 5. The van der Waals surface area contributed by atoms with Gasteiger partial charge in [-0.2, -0.15) is 74.6 Å². The van der Waals surface area contributed by atoms with Crippen LogP contribution < -0.4 is 10.6 Å². The van der Waals surface area contributed by atoms with Crippen LogP contribution in [0.2, 0.25) is 0 Å². The van der Waals surface area contributed by atoms with E-state index in [-0.39, 0.29) is 110 Å². The standard InChI is InChI=1S/C45H68F17N7O14/c1-65(10-8-38(46,47)39(48,49)40(50,51)41(52,53)42(54,55)43(56,57)44(58,59)45(60,61)62)37(79)31(5-3-4-9-63-33(72)29-83-24-23-82-22-21-81-20-19-80-2)64-32(71)7-6-30(70)25-66-11-13-67(26-34(73)74)15-17-69(28-36(77)78)18-16-68(14-12-66)27-35(75)76/h30-31,70H,3-29H2,1-2H3,(H,63,72)(H,64,71)(H,73,74)(H,75,76)(H,77,78)/t30?,31-/m1/s1. The summed E-state index contributed by atoms with van der Waals surface area (Å²) in [5.41, 5.74) is 0. The Morgan fingerprint density at radius 3 is 1.35 bits per heavy atom. The first-order valence-electron chi connectivity index (χ1n) is 25.1. The highest BCUT2D eigenvalue weighted by Gasteiger charge is 2.95. The van der Waals surface area contributed by atoms with Crippen molar-refractivity contribution in [1.29, 1.82) is 0 Å². The van der Waals surface area contributed by atoms with Crippen molar-refractivity contribution in [2.24, 2.45) is 0 Å². The predicted octanol–water partition coefficient (Wildman–Crippen LogP) is 2.93. The van der Waals surface area contributed by atoms with Crippen LogP contribution >= 0.6 is 0 Å². The summed E-state index contributed by atoms with van der Waals surface area (Å²) in [5.74, 6) is -65.1. The van der Waals surface area contributed by atoms with Gasteiger partial charge in [0, 0.05) is 99.0 Å². The topological polar surface area (TPSA) is 261 Å². The lowest BCUT2D eigenvalue weighted by Gasteiger charge is -2.43. The van der Waals surface area contributed by atoms with Gasteiger partial charge >= 0.3 is 65.5 Å². The van der Waals surface area contributed by atoms with Gasteiger partial charge in [0.1, 0.15) is 12.6 Å². The molecule has 1 fully saturated rings. The van der Waals surface area contributed by atoms with Crippen LogP contribution in [0.1, 0.15) is 38.5 Å². The number of rotatable bonds is 38. The molecule has 1 unspecified atom stereocenters. The van der Waals surface area contributed by atoms with E-state index < -0.39 is 154 Å². The van der Waals surface area contributed by atoms with Gasteiger partial charge in [-0.3, -0.25) is 48.4 Å². The molecule has 0 aliphatic carbocycles. The highest BCUT2D eigenvalue weighted by atomic mass is 19.4. The van der Waals surface area contributed by atoms with E-state index in [0.29, 0.717) is 20.3 Å². The van der Waals surface area contributed by atoms with Crippen LogP contribution in [0.25, 0.3) is 0 Å². The molecular formula is C45H68F17N7O14. The maximum Gasteiger partial charge on any atom is 0.460 e. The minimum absolute atomic E-state index is 0.0107. The molecule has 486 valence electrons. The first-order chi connectivity index (χ1) is 38.1. The quantitative estimate of drug-likeness (QED) is 0.0384. The van der Waals surface area contributed by atoms with Gasteiger partial charge in [0.25, 0.3) is 0 Å². The van der Waals surface area contributed by atoms with Crippen molar-refractivity contribution >= 4 is 35.6 Å². The van der Waals surface area contributed by atoms with Crippen molar-refractivity contribution in [3.05, 3.63) is 0 Å². The van der Waals surface area contributed by atoms with Crippen molar-refractivity contribution in [2.75, 3.05) is 152 Å². The summed E-state index contributed by atoms with van der Waals surface area (Å²) in [4.78, 5) is 79.8. The van der Waals surface area contributed by atoms with Crippen molar-refractivity contribution in [1.82, 2.24) is 35.1 Å². The largest absolute Gasteiger partial charge is 0.480 e. The Kier molecular flexibility index (Phi) is 31.1. The second-order valence-electron chi connectivity index (χ2n) is 18.9. The Hall–Kier alpha value is -4.73. The number of aliphatic hydroxyl groups excluding tert-OH is 1. The molecule has 6 N–H and O–H groups in total. The number of likely N-dealkylation sites (N-methyl/N-ethyl adjacent to an activating group) is 1. The molecule has 0 aromatic rings. The number of carbonyl (C=O) groups is 6. The monoisotopic (exact) mass is 1250 g/mol. The highest BCUT2D eigenvalue weighted by Crippen LogP contribution is 2.64. The Morgan fingerprint density at radius 2 is 0.928 bits per heavy atom. The van der Waals surface area contributed by atoms with Gasteiger partial charge in [-0.1, -0.05) is 0 Å². The first-order valence-corrected chi connectivity index (χ1v) is 25.1. The lowest BCUT2D eigenvalue weighted by Crippen LogP contribution is -2.74. The summed E-state index contributed by atoms with van der Waals surface area (Å²) < 4.78 is 257. The molecule has 3 amide bonds. The smallest absolute Gasteiger partial charge is 0.460 e. The third kappa shape index (κ3) is 23.2. The van der Waals surface area contributed by atoms with Crippen molar-refractivity contribution in [3.63, 3.8) is 0 Å². The number of hydrogen-bond acceptors (Lipinski definition) is 15. The molecule has 83 heavy (non-hydrogen) atoms. The second kappa shape index (κ2) is 33.8. The molecule has 0 aromatic heterocycles. The number of β-amino-alcohol motifs (C(OH)–C–C–N with tert-alkyl or cyclic N) is 1. The molecule has 21 nitrogen and oxygen atoms in total. The molecule has 2 atom stereocenters. The zero-order chi connectivity index (χ0) is 63.8. The molecule has 1 aliphatic rings. The van der Waals surface area contributed by atoms with E-state index in [4.69, 9.17) is 18.9 Å². The Bertz CT molecular complexity index is 2010. The van der Waals surface area contributed by atoms with Crippen LogP contribution in [0.15, 0.2) is 0 Å². The lowest BCUT2D eigenvalue weighted by molar-refractivity contribution is -0.461. The number of alkyl halides is 17. The van der Waals surface area contributed by atoms with Gasteiger partial charge in [0.05, 0.1) is 65.4 Å². The minimum atomic E-state index is -8.83. The summed E-state index contributed by atoms with van der Waals surface area (Å²) in [6, 6.07) is -1.92. The molecule has 38 heteroatoms. The summed E-state index contributed by atoms with van der Waals surface area (Å²) in [5, 5.41) is 43.9. The minimum Gasteiger partial charge on any atom is -0.480 e. The molecule has 0 spiro atoms. The maximum atomic E-state index is 14.9. The van der Waals surface area contributed by atoms with Crippen LogP contribution in [0.3, 0.4) is 0 Å². The van der Waals surface area contributed by atoms with E-state index in [9.17, 15) is 124 Å². The molecule has 1 saturated heterocycles. The molecule has 1 aliphatic heterocycles. The number of carboxylic acids is 3. The van der Waals surface area contributed by atoms with E-state index >= 15 is 0 Å². The molecule has 1 rings (SSSR count). The number of ether oxygens (including phenoxy) is 4. The van der Waals surface area contributed by atoms with Gasteiger partial charge in [-0.05, 0) is 25.7 Å². The van der Waals surface area contributed by atoms with E-state index in [1.807, 2.05) is 0 Å². The van der Waals surface area contributed by atoms with Crippen LogP contribution in [0.5, 0.6) is 0 Å². The van der Waals surface area contributed by atoms with Crippen molar-refractivity contribution in [2.45, 2.75) is 98.3 Å². The van der Waals surface area contributed by atoms with Crippen molar-refractivity contribution in [3.8, 4) is 0 Å². The number of carboxylic acid groups (broad SMARTS) is 3. The number of hydrogen-bond donors (Lipinski definition) is 6. The number of nitrogens with one attached hydrogen (secondary N) is 2. The number of halogens is 17. The predicted molar refractivity (Wildman–Crippen MR) is 250 cm³/mol. The average molecular weight is 1250 g/mol. The fourth-order valence-electron chi connectivity index (χ4n) is 7.56. The number of methoxy groups -OCH3 is 1. The molecule has 0 radical (unpaired) electrons. The zero-order valence-corrected chi connectivity index (χ0v) is 44.8. The second-order valence-corrected chi connectivity index (χ2v) is 18.9. The number of carbonyl (C=O) groups excluding carboxylic acids is 3.